The van der Waals surface area contributed by atoms with Crippen molar-refractivity contribution in [2.45, 2.75) is 0 Å². The molecule has 0 amide bonds. The second-order valence-corrected chi connectivity index (χ2v) is 13.6. The summed E-state index contributed by atoms with van der Waals surface area (Å²) in [6, 6.07) is 70.8. The first-order valence-electron chi connectivity index (χ1n) is 18.3. The van der Waals surface area contributed by atoms with Crippen molar-refractivity contribution in [2.75, 3.05) is 0 Å². The maximum absolute atomic E-state index is 5.02. The molecule has 9 aromatic carbocycles. The van der Waals surface area contributed by atoms with Crippen LogP contribution in [0.4, 0.5) is 0 Å². The van der Waals surface area contributed by atoms with Crippen molar-refractivity contribution in [2.24, 2.45) is 0 Å². The third kappa shape index (κ3) is 5.78. The summed E-state index contributed by atoms with van der Waals surface area (Å²) in [6.45, 7) is 0. The van der Waals surface area contributed by atoms with Gasteiger partial charge in [-0.3, -0.25) is 0 Å². The molecule has 0 unspecified atom stereocenters. The van der Waals surface area contributed by atoms with Gasteiger partial charge in [-0.15, -0.1) is 0 Å². The minimum atomic E-state index is 0.637. The van der Waals surface area contributed by atoms with E-state index in [9.17, 15) is 0 Å². The van der Waals surface area contributed by atoms with Crippen molar-refractivity contribution in [1.82, 2.24) is 15.0 Å². The fourth-order valence-electron chi connectivity index (χ4n) is 7.62. The summed E-state index contributed by atoms with van der Waals surface area (Å²) >= 11 is 0. The van der Waals surface area contributed by atoms with Gasteiger partial charge in [-0.2, -0.15) is 0 Å². The number of aromatic nitrogens is 3. The second kappa shape index (κ2) is 13.4. The molecule has 3 nitrogen and oxygen atoms in total. The highest BCUT2D eigenvalue weighted by atomic mass is 15.0. The van der Waals surface area contributed by atoms with Crippen LogP contribution in [0.3, 0.4) is 0 Å². The van der Waals surface area contributed by atoms with Gasteiger partial charge in [-0.05, 0) is 96.0 Å². The number of nitrogens with zero attached hydrogens (tertiary/aromatic N) is 3. The van der Waals surface area contributed by atoms with Crippen molar-refractivity contribution in [3.05, 3.63) is 200 Å². The molecule has 252 valence electrons. The fourth-order valence-corrected chi connectivity index (χ4v) is 7.62. The second-order valence-electron chi connectivity index (χ2n) is 13.6. The molecule has 0 radical (unpaired) electrons. The Bertz CT molecular complexity index is 2880. The molecule has 10 aromatic rings. The molecular weight excluding hydrogens is 655 g/mol. The molecule has 0 fully saturated rings. The fraction of sp³-hybridized carbons (Fsp3) is 0. The summed E-state index contributed by atoms with van der Waals surface area (Å²) in [4.78, 5) is 14.9. The van der Waals surface area contributed by atoms with Crippen molar-refractivity contribution < 1.29 is 0 Å². The third-order valence-corrected chi connectivity index (χ3v) is 10.3. The molecule has 1 aromatic heterocycles. The average Bonchev–Trinajstić information content (AvgIpc) is 3.27. The number of hydrogen-bond acceptors (Lipinski definition) is 3. The van der Waals surface area contributed by atoms with E-state index in [-0.39, 0.29) is 0 Å². The van der Waals surface area contributed by atoms with Gasteiger partial charge in [0.15, 0.2) is 17.5 Å². The van der Waals surface area contributed by atoms with Gasteiger partial charge in [0.25, 0.3) is 0 Å². The number of hydrogen-bond donors (Lipinski definition) is 0. The van der Waals surface area contributed by atoms with Crippen LogP contribution in [-0.2, 0) is 0 Å². The Balaban J connectivity index is 1.14. The molecule has 0 N–H and O–H groups in total. The van der Waals surface area contributed by atoms with Crippen LogP contribution in [0.5, 0.6) is 0 Å². The highest BCUT2D eigenvalue weighted by Crippen LogP contribution is 2.39. The molecule has 10 rings (SSSR count). The molecule has 0 saturated carbocycles. The van der Waals surface area contributed by atoms with Gasteiger partial charge >= 0.3 is 0 Å². The van der Waals surface area contributed by atoms with E-state index >= 15 is 0 Å². The lowest BCUT2D eigenvalue weighted by atomic mass is 9.90. The van der Waals surface area contributed by atoms with Gasteiger partial charge in [-0.1, -0.05) is 170 Å². The molecular formula is C51H33N3. The number of benzene rings is 9. The predicted molar refractivity (Wildman–Crippen MR) is 225 cm³/mol. The Labute approximate surface area is 313 Å². The topological polar surface area (TPSA) is 38.7 Å². The summed E-state index contributed by atoms with van der Waals surface area (Å²) in [5, 5.41) is 7.62. The monoisotopic (exact) mass is 687 g/mol. The van der Waals surface area contributed by atoms with Gasteiger partial charge < -0.3 is 0 Å². The Morgan fingerprint density at radius 3 is 1.04 bits per heavy atom. The maximum atomic E-state index is 5.02. The van der Waals surface area contributed by atoms with E-state index in [0.29, 0.717) is 17.5 Å². The Morgan fingerprint density at radius 2 is 0.519 bits per heavy atom. The predicted octanol–water partition coefficient (Wildman–Crippen LogP) is 13.3. The average molecular weight is 688 g/mol. The van der Waals surface area contributed by atoms with Crippen molar-refractivity contribution in [1.29, 1.82) is 0 Å². The van der Waals surface area contributed by atoms with E-state index < -0.39 is 0 Å². The summed E-state index contributed by atoms with van der Waals surface area (Å²) in [5.74, 6) is 1.93. The zero-order valence-corrected chi connectivity index (χ0v) is 29.4. The summed E-state index contributed by atoms with van der Waals surface area (Å²) in [6.07, 6.45) is 0. The third-order valence-electron chi connectivity index (χ3n) is 10.3. The van der Waals surface area contributed by atoms with Crippen LogP contribution in [0.1, 0.15) is 0 Å². The minimum Gasteiger partial charge on any atom is -0.208 e. The Hall–Kier alpha value is -7.23. The van der Waals surface area contributed by atoms with Gasteiger partial charge in [-0.25, -0.2) is 15.0 Å². The zero-order chi connectivity index (χ0) is 35.8. The van der Waals surface area contributed by atoms with Crippen LogP contribution in [0.15, 0.2) is 200 Å². The van der Waals surface area contributed by atoms with Crippen LogP contribution in [-0.4, -0.2) is 15.0 Å². The number of rotatable bonds is 6. The molecule has 54 heavy (non-hydrogen) atoms. The summed E-state index contributed by atoms with van der Waals surface area (Å²) in [7, 11) is 0. The first-order chi connectivity index (χ1) is 26.7. The highest BCUT2D eigenvalue weighted by Gasteiger charge is 2.15. The molecule has 0 saturated heterocycles. The smallest absolute Gasteiger partial charge is 0.164 e. The van der Waals surface area contributed by atoms with E-state index in [4.69, 9.17) is 15.0 Å². The lowest BCUT2D eigenvalue weighted by Crippen LogP contribution is -2.00. The van der Waals surface area contributed by atoms with Crippen LogP contribution in [0, 0.1) is 0 Å². The van der Waals surface area contributed by atoms with E-state index in [1.165, 1.54) is 43.4 Å². The van der Waals surface area contributed by atoms with Crippen LogP contribution >= 0.6 is 0 Å². The summed E-state index contributed by atoms with van der Waals surface area (Å²) < 4.78 is 0. The Kier molecular flexibility index (Phi) is 7.81. The molecule has 1 heterocycles. The molecule has 0 atom stereocenters. The van der Waals surface area contributed by atoms with Crippen molar-refractivity contribution in [3.63, 3.8) is 0 Å². The molecule has 0 aliphatic heterocycles. The van der Waals surface area contributed by atoms with Crippen LogP contribution < -0.4 is 0 Å². The standard InChI is InChI=1S/C51H33N3/c1-4-15-34(16-5-1)40-30-41(32-42(31-40)38-27-28-47-45-25-11-10-23-43(45)44-24-12-13-26-46(44)48(47)33-38)37-21-14-22-39(29-37)51-53-49(35-17-6-2-7-18-35)52-50(54-51)36-19-8-3-9-20-36/h1-33H. The van der Waals surface area contributed by atoms with Gasteiger partial charge in [0.2, 0.25) is 0 Å². The normalized spacial score (nSPS) is 11.3. The molecule has 0 aliphatic carbocycles. The van der Waals surface area contributed by atoms with Gasteiger partial charge in [0.05, 0.1) is 0 Å². The van der Waals surface area contributed by atoms with E-state index in [1.54, 1.807) is 0 Å². The lowest BCUT2D eigenvalue weighted by molar-refractivity contribution is 1.07. The quantitative estimate of drug-likeness (QED) is 0.163. The number of fused-ring (bicyclic) bond motifs is 6. The molecule has 0 aliphatic rings. The maximum Gasteiger partial charge on any atom is 0.164 e. The first-order valence-corrected chi connectivity index (χ1v) is 18.3. The SMILES string of the molecule is c1ccc(-c2cc(-c3cccc(-c4nc(-c5ccccc5)nc(-c5ccccc5)n4)c3)cc(-c3ccc4c5ccccc5c5ccccc5c4c3)c2)cc1. The minimum absolute atomic E-state index is 0.637. The van der Waals surface area contributed by atoms with Gasteiger partial charge in [0, 0.05) is 16.7 Å². The van der Waals surface area contributed by atoms with Crippen molar-refractivity contribution in [3.8, 4) is 67.5 Å². The van der Waals surface area contributed by atoms with Crippen LogP contribution in [0.2, 0.25) is 0 Å². The molecule has 0 bridgehead atoms. The first kappa shape index (κ1) is 31.5. The lowest BCUT2D eigenvalue weighted by Gasteiger charge is -2.14. The molecule has 0 spiro atoms. The van der Waals surface area contributed by atoms with Crippen molar-refractivity contribution >= 4 is 32.3 Å². The Morgan fingerprint density at radius 1 is 0.185 bits per heavy atom. The van der Waals surface area contributed by atoms with E-state index in [1.807, 2.05) is 60.7 Å². The van der Waals surface area contributed by atoms with Crippen LogP contribution in [0.25, 0.3) is 99.9 Å². The molecule has 3 heteroatoms. The highest BCUT2D eigenvalue weighted by molar-refractivity contribution is 6.25. The zero-order valence-electron chi connectivity index (χ0n) is 29.4. The van der Waals surface area contributed by atoms with E-state index in [0.717, 1.165) is 38.9 Å². The van der Waals surface area contributed by atoms with Gasteiger partial charge in [0.1, 0.15) is 0 Å². The summed E-state index contributed by atoms with van der Waals surface area (Å²) in [5.41, 5.74) is 9.71. The van der Waals surface area contributed by atoms with E-state index in [2.05, 4.69) is 140 Å². The largest absolute Gasteiger partial charge is 0.208 e.